The maximum Gasteiger partial charge on any atom is 0.418 e. The number of carbonyl (C=O) groups excluding carboxylic acids is 2. The number of benzene rings is 1. The van der Waals surface area contributed by atoms with E-state index in [0.717, 1.165) is 33.9 Å². The molecule has 0 unspecified atom stereocenters. The highest BCUT2D eigenvalue weighted by atomic mass is 35.5. The molecule has 4 aromatic rings. The molecule has 0 saturated carbocycles. The first-order chi connectivity index (χ1) is 20.5. The standard InChI is InChI=1S/C26H18ClF8N7O2/c1-10-4-15(28)12(18-6-14(26(33,34)35)21-22(36)37-9-38-42(18)21)5-11(10)23(43)39-17-8-41(7-16(17)29)24(44)20-13(25(30,31)32)2-3-19(27)40-20/h2-6,9,16-17H,7-8H2,1H3,(H,39,43)(H2,36,37,38)/t16-,17+/m0/s1. The van der Waals surface area contributed by atoms with E-state index in [9.17, 15) is 40.3 Å². The van der Waals surface area contributed by atoms with E-state index in [1.807, 2.05) is 0 Å². The molecule has 232 valence electrons. The van der Waals surface area contributed by atoms with Gasteiger partial charge in [-0.1, -0.05) is 11.6 Å². The van der Waals surface area contributed by atoms with Crippen LogP contribution in [0.25, 0.3) is 16.8 Å². The first kappa shape index (κ1) is 30.9. The molecular weight excluding hydrogens is 630 g/mol. The van der Waals surface area contributed by atoms with Crippen LogP contribution in [0.3, 0.4) is 0 Å². The van der Waals surface area contributed by atoms with Crippen LogP contribution >= 0.6 is 11.6 Å². The Morgan fingerprint density at radius 3 is 2.39 bits per heavy atom. The third-order valence-electron chi connectivity index (χ3n) is 6.94. The van der Waals surface area contributed by atoms with E-state index in [1.54, 1.807) is 0 Å². The Balaban J connectivity index is 1.44. The lowest BCUT2D eigenvalue weighted by molar-refractivity contribution is -0.138. The number of carbonyl (C=O) groups is 2. The van der Waals surface area contributed by atoms with Gasteiger partial charge in [-0.3, -0.25) is 9.59 Å². The van der Waals surface area contributed by atoms with Crippen molar-refractivity contribution in [3.63, 3.8) is 0 Å². The van der Waals surface area contributed by atoms with Gasteiger partial charge < -0.3 is 16.0 Å². The minimum absolute atomic E-state index is 0.0223. The number of likely N-dealkylation sites (tertiary alicyclic amines) is 1. The minimum Gasteiger partial charge on any atom is -0.382 e. The van der Waals surface area contributed by atoms with E-state index in [0.29, 0.717) is 12.1 Å². The van der Waals surface area contributed by atoms with Crippen LogP contribution in [0.15, 0.2) is 36.7 Å². The monoisotopic (exact) mass is 647 g/mol. The number of nitrogen functional groups attached to an aromatic ring is 1. The van der Waals surface area contributed by atoms with Crippen LogP contribution in [0.4, 0.5) is 40.9 Å². The molecule has 1 aromatic carbocycles. The van der Waals surface area contributed by atoms with E-state index in [2.05, 4.69) is 20.4 Å². The average molecular weight is 648 g/mol. The SMILES string of the molecule is Cc1cc(F)c(-c2cc(C(F)(F)F)c3c(N)ncnn23)cc1C(=O)N[C@@H]1CN(C(=O)c2nc(Cl)ccc2C(F)(F)F)C[C@@H]1F. The molecule has 9 nitrogen and oxygen atoms in total. The van der Waals surface area contributed by atoms with Crippen molar-refractivity contribution >= 4 is 34.7 Å². The number of amides is 2. The molecule has 0 aliphatic carbocycles. The zero-order valence-electron chi connectivity index (χ0n) is 22.1. The van der Waals surface area contributed by atoms with Crippen LogP contribution in [0.2, 0.25) is 5.15 Å². The van der Waals surface area contributed by atoms with E-state index in [1.165, 1.54) is 6.92 Å². The summed E-state index contributed by atoms with van der Waals surface area (Å²) in [6.45, 7) is 0.0689. The second-order valence-electron chi connectivity index (χ2n) is 9.83. The summed E-state index contributed by atoms with van der Waals surface area (Å²) in [5.41, 5.74) is 0.176. The van der Waals surface area contributed by atoms with Crippen LogP contribution in [0.1, 0.15) is 37.5 Å². The summed E-state index contributed by atoms with van der Waals surface area (Å²) in [4.78, 5) is 33.8. The zero-order valence-corrected chi connectivity index (χ0v) is 22.8. The van der Waals surface area contributed by atoms with E-state index in [-0.39, 0.29) is 11.1 Å². The van der Waals surface area contributed by atoms with Crippen molar-refractivity contribution in [2.75, 3.05) is 18.8 Å². The predicted octanol–water partition coefficient (Wildman–Crippen LogP) is 5.10. The number of nitrogens with zero attached hydrogens (tertiary/aromatic N) is 5. The first-order valence-electron chi connectivity index (χ1n) is 12.4. The van der Waals surface area contributed by atoms with Crippen LogP contribution in [0.5, 0.6) is 0 Å². The van der Waals surface area contributed by atoms with E-state index < -0.39 is 99.9 Å². The fourth-order valence-corrected chi connectivity index (χ4v) is 5.03. The Bertz CT molecular complexity index is 1810. The molecule has 2 amide bonds. The molecular formula is C26H18ClF8N7O2. The molecule has 4 heterocycles. The summed E-state index contributed by atoms with van der Waals surface area (Å²) >= 11 is 5.68. The molecule has 0 bridgehead atoms. The maximum absolute atomic E-state index is 15.1. The molecule has 3 N–H and O–H groups in total. The molecule has 0 spiro atoms. The molecule has 44 heavy (non-hydrogen) atoms. The lowest BCUT2D eigenvalue weighted by Gasteiger charge is -2.19. The molecule has 1 saturated heterocycles. The number of pyridine rings is 1. The normalized spacial score (nSPS) is 17.4. The van der Waals surface area contributed by atoms with Crippen molar-refractivity contribution < 1.29 is 44.7 Å². The number of nitrogens with one attached hydrogen (secondary N) is 1. The van der Waals surface area contributed by atoms with Crippen LogP contribution < -0.4 is 11.1 Å². The smallest absolute Gasteiger partial charge is 0.382 e. The van der Waals surface area contributed by atoms with Gasteiger partial charge in [0.2, 0.25) is 0 Å². The zero-order chi connectivity index (χ0) is 32.3. The summed E-state index contributed by atoms with van der Waals surface area (Å²) in [6, 6.07) is 2.40. The fraction of sp³-hybridized carbons (Fsp3) is 0.269. The van der Waals surface area contributed by atoms with Gasteiger partial charge in [-0.2, -0.15) is 31.4 Å². The van der Waals surface area contributed by atoms with Crippen LogP contribution in [0, 0.1) is 12.7 Å². The Morgan fingerprint density at radius 1 is 1.05 bits per heavy atom. The average Bonchev–Trinajstić information content (AvgIpc) is 3.49. The Kier molecular flexibility index (Phi) is 7.63. The third kappa shape index (κ3) is 5.58. The molecule has 1 aliphatic heterocycles. The summed E-state index contributed by atoms with van der Waals surface area (Å²) in [6.07, 6.45) is -11.0. The first-order valence-corrected chi connectivity index (χ1v) is 12.8. The summed E-state index contributed by atoms with van der Waals surface area (Å²) in [5, 5.41) is 5.66. The Morgan fingerprint density at radius 2 is 1.73 bits per heavy atom. The highest BCUT2D eigenvalue weighted by molar-refractivity contribution is 6.29. The highest BCUT2D eigenvalue weighted by Gasteiger charge is 2.42. The second kappa shape index (κ2) is 10.9. The van der Waals surface area contributed by atoms with Crippen molar-refractivity contribution in [3.05, 3.63) is 75.6 Å². The van der Waals surface area contributed by atoms with Crippen molar-refractivity contribution in [1.82, 2.24) is 29.8 Å². The number of rotatable bonds is 4. The lowest BCUT2D eigenvalue weighted by atomic mass is 10.0. The van der Waals surface area contributed by atoms with Gasteiger partial charge in [0.1, 0.15) is 34.7 Å². The minimum atomic E-state index is -4.97. The van der Waals surface area contributed by atoms with Gasteiger partial charge in [0, 0.05) is 17.7 Å². The molecule has 2 atom stereocenters. The highest BCUT2D eigenvalue weighted by Crippen LogP contribution is 2.39. The van der Waals surface area contributed by atoms with E-state index in [4.69, 9.17) is 17.3 Å². The quantitative estimate of drug-likeness (QED) is 0.235. The molecule has 3 aromatic heterocycles. The number of hydrogen-bond acceptors (Lipinski definition) is 6. The number of aryl methyl sites for hydroxylation is 1. The van der Waals surface area contributed by atoms with Crippen molar-refractivity contribution in [1.29, 1.82) is 0 Å². The van der Waals surface area contributed by atoms with Gasteiger partial charge in [-0.25, -0.2) is 23.3 Å². The molecule has 5 rings (SSSR count). The van der Waals surface area contributed by atoms with Crippen molar-refractivity contribution in [2.45, 2.75) is 31.5 Å². The third-order valence-corrected chi connectivity index (χ3v) is 7.15. The largest absolute Gasteiger partial charge is 0.418 e. The van der Waals surface area contributed by atoms with Gasteiger partial charge in [0.25, 0.3) is 11.8 Å². The van der Waals surface area contributed by atoms with Gasteiger partial charge in [0.15, 0.2) is 5.82 Å². The van der Waals surface area contributed by atoms with Crippen molar-refractivity contribution in [2.24, 2.45) is 0 Å². The summed E-state index contributed by atoms with van der Waals surface area (Å²) in [5.74, 6) is -3.82. The van der Waals surface area contributed by atoms with Crippen molar-refractivity contribution in [3.8, 4) is 11.3 Å². The lowest BCUT2D eigenvalue weighted by Crippen LogP contribution is -2.42. The van der Waals surface area contributed by atoms with E-state index >= 15 is 4.39 Å². The van der Waals surface area contributed by atoms with Gasteiger partial charge in [-0.15, -0.1) is 0 Å². The second-order valence-corrected chi connectivity index (χ2v) is 10.2. The topological polar surface area (TPSA) is 119 Å². The number of alkyl halides is 7. The number of fused-ring (bicyclic) bond motifs is 1. The molecule has 1 fully saturated rings. The fourth-order valence-electron chi connectivity index (χ4n) is 4.88. The predicted molar refractivity (Wildman–Crippen MR) is 139 cm³/mol. The Labute approximate surface area is 246 Å². The van der Waals surface area contributed by atoms with Gasteiger partial charge >= 0.3 is 12.4 Å². The maximum atomic E-state index is 15.1. The number of aromatic nitrogens is 4. The molecule has 18 heteroatoms. The number of halogens is 9. The Hall–Kier alpha value is -4.54. The van der Waals surface area contributed by atoms with Gasteiger partial charge in [-0.05, 0) is 42.8 Å². The number of anilines is 1. The van der Waals surface area contributed by atoms with Crippen LogP contribution in [-0.4, -0.2) is 61.6 Å². The molecule has 1 aliphatic rings. The van der Waals surface area contributed by atoms with Gasteiger partial charge in [0.05, 0.1) is 29.4 Å². The number of hydrogen-bond donors (Lipinski definition) is 2. The van der Waals surface area contributed by atoms with Crippen LogP contribution in [-0.2, 0) is 12.4 Å². The molecule has 0 radical (unpaired) electrons. The number of nitrogens with two attached hydrogens (primary N) is 1. The summed E-state index contributed by atoms with van der Waals surface area (Å²) in [7, 11) is 0. The summed E-state index contributed by atoms with van der Waals surface area (Å²) < 4.78 is 112.